The zero-order valence-electron chi connectivity index (χ0n) is 11.0. The fourth-order valence-corrected chi connectivity index (χ4v) is 2.52. The Morgan fingerprint density at radius 1 is 1.37 bits per heavy atom. The van der Waals surface area contributed by atoms with Crippen LogP contribution >= 0.6 is 0 Å². The normalized spacial score (nSPS) is 17.5. The quantitative estimate of drug-likeness (QED) is 0.884. The fraction of sp³-hybridized carbons (Fsp3) is 0.467. The molecule has 1 amide bonds. The van der Waals surface area contributed by atoms with E-state index in [0.29, 0.717) is 18.5 Å². The second kappa shape index (κ2) is 5.40. The van der Waals surface area contributed by atoms with Gasteiger partial charge in [0.2, 0.25) is 5.91 Å². The van der Waals surface area contributed by atoms with Gasteiger partial charge in [0.1, 0.15) is 11.2 Å². The van der Waals surface area contributed by atoms with E-state index in [9.17, 15) is 14.4 Å². The van der Waals surface area contributed by atoms with Crippen molar-refractivity contribution < 1.29 is 9.18 Å². The van der Waals surface area contributed by atoms with Crippen molar-refractivity contribution in [2.24, 2.45) is 5.41 Å². The van der Waals surface area contributed by atoms with Crippen LogP contribution in [0.25, 0.3) is 0 Å². The number of anilines is 1. The molecule has 0 aromatic heterocycles. The lowest BCUT2D eigenvalue weighted by Gasteiger charge is -2.29. The molecule has 1 fully saturated rings. The highest BCUT2D eigenvalue weighted by Crippen LogP contribution is 2.37. The lowest BCUT2D eigenvalue weighted by molar-refractivity contribution is -0.124. The Hall–Kier alpha value is -1.89. The van der Waals surface area contributed by atoms with E-state index in [0.717, 1.165) is 24.8 Å². The molecule has 1 aliphatic carbocycles. The number of nitrogens with zero attached hydrogens (tertiary/aromatic N) is 1. The molecular formula is C15H17FN2O. The number of benzene rings is 1. The van der Waals surface area contributed by atoms with E-state index >= 15 is 0 Å². The summed E-state index contributed by atoms with van der Waals surface area (Å²) in [6, 6.07) is 6.43. The van der Waals surface area contributed by atoms with Crippen LogP contribution in [-0.4, -0.2) is 5.91 Å². The first-order chi connectivity index (χ1) is 9.07. The average molecular weight is 260 g/mol. The molecule has 3 nitrogen and oxygen atoms in total. The lowest BCUT2D eigenvalue weighted by atomic mass is 9.74. The molecule has 0 bridgehead atoms. The summed E-state index contributed by atoms with van der Waals surface area (Å²) in [5, 5.41) is 12.0. The third-order valence-corrected chi connectivity index (χ3v) is 3.80. The molecule has 100 valence electrons. The second-order valence-corrected chi connectivity index (χ2v) is 5.17. The Balaban J connectivity index is 2.20. The van der Waals surface area contributed by atoms with Crippen LogP contribution in [-0.2, 0) is 4.79 Å². The minimum Gasteiger partial charge on any atom is -0.324 e. The monoisotopic (exact) mass is 260 g/mol. The van der Waals surface area contributed by atoms with E-state index in [1.54, 1.807) is 13.0 Å². The number of rotatable bonds is 2. The smallest absolute Gasteiger partial charge is 0.244 e. The van der Waals surface area contributed by atoms with E-state index in [1.165, 1.54) is 12.1 Å². The number of aryl methyl sites for hydroxylation is 1. The first kappa shape index (κ1) is 13.5. The van der Waals surface area contributed by atoms with Gasteiger partial charge in [-0.05, 0) is 37.5 Å². The Morgan fingerprint density at radius 2 is 2.05 bits per heavy atom. The molecule has 2 rings (SSSR count). The van der Waals surface area contributed by atoms with Crippen LogP contribution in [0.1, 0.15) is 37.7 Å². The van der Waals surface area contributed by atoms with E-state index in [1.807, 2.05) is 0 Å². The molecule has 1 aromatic rings. The van der Waals surface area contributed by atoms with Crippen molar-refractivity contribution in [2.45, 2.75) is 39.0 Å². The first-order valence-electron chi connectivity index (χ1n) is 6.56. The predicted molar refractivity (Wildman–Crippen MR) is 70.9 cm³/mol. The molecule has 0 heterocycles. The molecule has 0 aliphatic heterocycles. The molecule has 0 unspecified atom stereocenters. The molecule has 4 heteroatoms. The van der Waals surface area contributed by atoms with Crippen LogP contribution in [0.5, 0.6) is 0 Å². The second-order valence-electron chi connectivity index (χ2n) is 5.17. The van der Waals surface area contributed by atoms with Crippen molar-refractivity contribution in [1.29, 1.82) is 5.26 Å². The van der Waals surface area contributed by atoms with Crippen molar-refractivity contribution >= 4 is 11.6 Å². The first-order valence-corrected chi connectivity index (χ1v) is 6.56. The summed E-state index contributed by atoms with van der Waals surface area (Å²) in [5.41, 5.74) is 0.292. The van der Waals surface area contributed by atoms with Gasteiger partial charge in [-0.15, -0.1) is 0 Å². The summed E-state index contributed by atoms with van der Waals surface area (Å²) in [4.78, 5) is 12.3. The minimum atomic E-state index is -0.947. The molecular weight excluding hydrogens is 243 g/mol. The zero-order chi connectivity index (χ0) is 13.9. The van der Waals surface area contributed by atoms with Crippen molar-refractivity contribution in [3.8, 4) is 6.07 Å². The highest BCUT2D eigenvalue weighted by atomic mass is 19.1. The van der Waals surface area contributed by atoms with E-state index < -0.39 is 11.2 Å². The van der Waals surface area contributed by atoms with Crippen LogP contribution in [0, 0.1) is 29.5 Å². The number of amides is 1. The maximum Gasteiger partial charge on any atom is 0.244 e. The van der Waals surface area contributed by atoms with Crippen LogP contribution in [0.15, 0.2) is 18.2 Å². The summed E-state index contributed by atoms with van der Waals surface area (Å²) < 4.78 is 13.2. The number of hydrogen-bond donors (Lipinski definition) is 1. The van der Waals surface area contributed by atoms with Gasteiger partial charge < -0.3 is 5.32 Å². The van der Waals surface area contributed by atoms with Crippen molar-refractivity contribution in [3.63, 3.8) is 0 Å². The zero-order valence-corrected chi connectivity index (χ0v) is 11.0. The Bertz CT molecular complexity index is 527. The van der Waals surface area contributed by atoms with E-state index in [-0.39, 0.29) is 5.91 Å². The number of nitrogens with one attached hydrogen (secondary N) is 1. The largest absolute Gasteiger partial charge is 0.324 e. The van der Waals surface area contributed by atoms with Gasteiger partial charge in [0.15, 0.2) is 0 Å². The Kier molecular flexibility index (Phi) is 3.84. The van der Waals surface area contributed by atoms with Gasteiger partial charge in [0, 0.05) is 5.69 Å². The lowest BCUT2D eigenvalue weighted by Crippen LogP contribution is -2.37. The van der Waals surface area contributed by atoms with Crippen LogP contribution < -0.4 is 5.32 Å². The molecule has 1 saturated carbocycles. The maximum atomic E-state index is 13.2. The maximum absolute atomic E-state index is 13.2. The van der Waals surface area contributed by atoms with Gasteiger partial charge in [-0.3, -0.25) is 4.79 Å². The number of hydrogen-bond acceptors (Lipinski definition) is 2. The topological polar surface area (TPSA) is 52.9 Å². The molecule has 1 aliphatic rings. The Labute approximate surface area is 112 Å². The standard InChI is InChI=1S/C15H17FN2O/c1-11-5-6-12(16)9-13(11)18-14(19)15(10-17)7-3-2-4-8-15/h5-6,9H,2-4,7-8H2,1H3,(H,18,19). The summed E-state index contributed by atoms with van der Waals surface area (Å²) in [6.45, 7) is 1.80. The number of carbonyl (C=O) groups excluding carboxylic acids is 1. The summed E-state index contributed by atoms with van der Waals surface area (Å²) in [6.07, 6.45) is 4.02. The molecule has 0 radical (unpaired) electrons. The number of halogens is 1. The van der Waals surface area contributed by atoms with E-state index in [4.69, 9.17) is 0 Å². The van der Waals surface area contributed by atoms with Crippen molar-refractivity contribution in [1.82, 2.24) is 0 Å². The molecule has 0 atom stereocenters. The van der Waals surface area contributed by atoms with Crippen LogP contribution in [0.3, 0.4) is 0 Å². The Morgan fingerprint density at radius 3 is 2.68 bits per heavy atom. The van der Waals surface area contributed by atoms with Gasteiger partial charge in [0.05, 0.1) is 6.07 Å². The van der Waals surface area contributed by atoms with Gasteiger partial charge >= 0.3 is 0 Å². The molecule has 1 aromatic carbocycles. The van der Waals surface area contributed by atoms with Gasteiger partial charge in [0.25, 0.3) is 0 Å². The van der Waals surface area contributed by atoms with E-state index in [2.05, 4.69) is 11.4 Å². The average Bonchev–Trinajstić information content (AvgIpc) is 2.43. The number of nitriles is 1. The fourth-order valence-electron chi connectivity index (χ4n) is 2.52. The summed E-state index contributed by atoms with van der Waals surface area (Å²) in [5.74, 6) is -0.695. The molecule has 19 heavy (non-hydrogen) atoms. The van der Waals surface area contributed by atoms with Gasteiger partial charge in [-0.1, -0.05) is 25.3 Å². The van der Waals surface area contributed by atoms with Crippen molar-refractivity contribution in [2.75, 3.05) is 5.32 Å². The predicted octanol–water partition coefficient (Wildman–Crippen LogP) is 3.55. The van der Waals surface area contributed by atoms with Crippen molar-refractivity contribution in [3.05, 3.63) is 29.6 Å². The number of carbonyl (C=O) groups is 1. The third-order valence-electron chi connectivity index (χ3n) is 3.80. The SMILES string of the molecule is Cc1ccc(F)cc1NC(=O)C1(C#N)CCCCC1. The van der Waals surface area contributed by atoms with Gasteiger partial charge in [-0.2, -0.15) is 5.26 Å². The van der Waals surface area contributed by atoms with Crippen LogP contribution in [0.2, 0.25) is 0 Å². The highest BCUT2D eigenvalue weighted by Gasteiger charge is 2.39. The molecule has 0 spiro atoms. The summed E-state index contributed by atoms with van der Waals surface area (Å²) >= 11 is 0. The highest BCUT2D eigenvalue weighted by molar-refractivity contribution is 5.97. The van der Waals surface area contributed by atoms with Crippen LogP contribution in [0.4, 0.5) is 10.1 Å². The third kappa shape index (κ3) is 2.76. The molecule has 1 N–H and O–H groups in total. The summed E-state index contributed by atoms with van der Waals surface area (Å²) in [7, 11) is 0. The minimum absolute atomic E-state index is 0.302. The molecule has 0 saturated heterocycles. The van der Waals surface area contributed by atoms with Gasteiger partial charge in [-0.25, -0.2) is 4.39 Å².